The van der Waals surface area contributed by atoms with Crippen molar-refractivity contribution in [3.8, 4) is 0 Å². The van der Waals surface area contributed by atoms with Gasteiger partial charge in [-0.1, -0.05) is 6.07 Å². The second-order valence-electron chi connectivity index (χ2n) is 4.70. The third-order valence-electron chi connectivity index (χ3n) is 2.96. The molecule has 2 aromatic carbocycles. The molecule has 0 aliphatic heterocycles. The lowest BCUT2D eigenvalue weighted by molar-refractivity contribution is -0.115. The van der Waals surface area contributed by atoms with E-state index in [4.69, 9.17) is 0 Å². The van der Waals surface area contributed by atoms with Crippen molar-refractivity contribution in [3.05, 3.63) is 65.2 Å². The fourth-order valence-electron chi connectivity index (χ4n) is 1.85. The van der Waals surface area contributed by atoms with Crippen molar-refractivity contribution in [1.82, 2.24) is 5.32 Å². The first-order valence-corrected chi connectivity index (χ1v) is 6.55. The molecule has 0 atom stereocenters. The standard InChI is InChI=1S/C16H14F2N2O2/c1-10-7-13(18)5-6-14(10)20-15(21)9-19-16(22)11-3-2-4-12(17)8-11/h2-8H,9H2,1H3,(H,19,22)(H,20,21). The molecule has 0 saturated carbocycles. The van der Waals surface area contributed by atoms with Gasteiger partial charge >= 0.3 is 0 Å². The van der Waals surface area contributed by atoms with E-state index in [1.54, 1.807) is 6.92 Å². The molecule has 2 aromatic rings. The van der Waals surface area contributed by atoms with Crippen LogP contribution in [0.1, 0.15) is 15.9 Å². The van der Waals surface area contributed by atoms with Crippen molar-refractivity contribution < 1.29 is 18.4 Å². The van der Waals surface area contributed by atoms with Gasteiger partial charge in [0.05, 0.1) is 6.54 Å². The Labute approximate surface area is 126 Å². The zero-order valence-corrected chi connectivity index (χ0v) is 11.8. The first kappa shape index (κ1) is 15.6. The number of carbonyl (C=O) groups is 2. The van der Waals surface area contributed by atoms with Gasteiger partial charge in [0.1, 0.15) is 11.6 Å². The summed E-state index contributed by atoms with van der Waals surface area (Å²) >= 11 is 0. The molecule has 0 spiro atoms. The Bertz CT molecular complexity index is 717. The van der Waals surface area contributed by atoms with Crippen molar-refractivity contribution in [2.45, 2.75) is 6.92 Å². The lowest BCUT2D eigenvalue weighted by atomic mass is 10.2. The largest absolute Gasteiger partial charge is 0.343 e. The van der Waals surface area contributed by atoms with E-state index in [0.29, 0.717) is 11.3 Å². The summed E-state index contributed by atoms with van der Waals surface area (Å²) in [5.74, 6) is -1.93. The van der Waals surface area contributed by atoms with E-state index in [2.05, 4.69) is 10.6 Å². The second-order valence-corrected chi connectivity index (χ2v) is 4.70. The monoisotopic (exact) mass is 304 g/mol. The molecule has 0 bridgehead atoms. The van der Waals surface area contributed by atoms with Crippen LogP contribution in [0.4, 0.5) is 14.5 Å². The van der Waals surface area contributed by atoms with Crippen molar-refractivity contribution >= 4 is 17.5 Å². The van der Waals surface area contributed by atoms with Gasteiger partial charge in [-0.15, -0.1) is 0 Å². The summed E-state index contributed by atoms with van der Waals surface area (Å²) in [6, 6.07) is 9.12. The van der Waals surface area contributed by atoms with Gasteiger partial charge < -0.3 is 10.6 Å². The van der Waals surface area contributed by atoms with E-state index in [0.717, 1.165) is 6.07 Å². The number of hydrogen-bond acceptors (Lipinski definition) is 2. The highest BCUT2D eigenvalue weighted by Gasteiger charge is 2.10. The summed E-state index contributed by atoms with van der Waals surface area (Å²) in [5.41, 5.74) is 1.17. The van der Waals surface area contributed by atoms with Crippen LogP contribution in [0.2, 0.25) is 0 Å². The normalized spacial score (nSPS) is 10.1. The van der Waals surface area contributed by atoms with Crippen LogP contribution in [-0.4, -0.2) is 18.4 Å². The van der Waals surface area contributed by atoms with Crippen LogP contribution in [0.15, 0.2) is 42.5 Å². The lowest BCUT2D eigenvalue weighted by Crippen LogP contribution is -2.33. The number of hydrogen-bond donors (Lipinski definition) is 2. The molecule has 114 valence electrons. The molecule has 2 N–H and O–H groups in total. The topological polar surface area (TPSA) is 58.2 Å². The summed E-state index contributed by atoms with van der Waals surface area (Å²) < 4.78 is 26.0. The predicted molar refractivity (Wildman–Crippen MR) is 78.5 cm³/mol. The van der Waals surface area contributed by atoms with Crippen LogP contribution in [0.3, 0.4) is 0 Å². The van der Waals surface area contributed by atoms with Gasteiger partial charge in [-0.3, -0.25) is 9.59 Å². The fourth-order valence-corrected chi connectivity index (χ4v) is 1.85. The summed E-state index contributed by atoms with van der Waals surface area (Å²) in [7, 11) is 0. The molecule has 0 saturated heterocycles. The van der Waals surface area contributed by atoms with Crippen LogP contribution < -0.4 is 10.6 Å². The summed E-state index contributed by atoms with van der Waals surface area (Å²) in [6.45, 7) is 1.39. The number of benzene rings is 2. The fraction of sp³-hybridized carbons (Fsp3) is 0.125. The zero-order valence-electron chi connectivity index (χ0n) is 11.8. The van der Waals surface area contributed by atoms with Crippen molar-refractivity contribution in [1.29, 1.82) is 0 Å². The van der Waals surface area contributed by atoms with E-state index in [1.807, 2.05) is 0 Å². The molecule has 0 aromatic heterocycles. The molecule has 4 nitrogen and oxygen atoms in total. The molecular weight excluding hydrogens is 290 g/mol. The molecule has 0 fully saturated rings. The van der Waals surface area contributed by atoms with Gasteiger partial charge in [-0.05, 0) is 48.9 Å². The molecule has 0 heterocycles. The molecular formula is C16H14F2N2O2. The third kappa shape index (κ3) is 4.12. The molecule has 22 heavy (non-hydrogen) atoms. The number of carbonyl (C=O) groups excluding carboxylic acids is 2. The quantitative estimate of drug-likeness (QED) is 0.912. The van der Waals surface area contributed by atoms with Gasteiger partial charge in [0.25, 0.3) is 5.91 Å². The van der Waals surface area contributed by atoms with Gasteiger partial charge in [0.15, 0.2) is 0 Å². The lowest BCUT2D eigenvalue weighted by Gasteiger charge is -2.09. The Kier molecular flexibility index (Phi) is 4.83. The van der Waals surface area contributed by atoms with Crippen LogP contribution in [-0.2, 0) is 4.79 Å². The van der Waals surface area contributed by atoms with E-state index < -0.39 is 23.4 Å². The maximum absolute atomic E-state index is 13.0. The van der Waals surface area contributed by atoms with E-state index in [-0.39, 0.29) is 12.1 Å². The Morgan fingerprint density at radius 2 is 1.77 bits per heavy atom. The van der Waals surface area contributed by atoms with E-state index in [9.17, 15) is 18.4 Å². The first-order chi connectivity index (χ1) is 10.5. The molecule has 2 amide bonds. The Morgan fingerprint density at radius 1 is 1.05 bits per heavy atom. The maximum Gasteiger partial charge on any atom is 0.251 e. The molecule has 2 rings (SSSR count). The highest BCUT2D eigenvalue weighted by Crippen LogP contribution is 2.15. The number of rotatable bonds is 4. The first-order valence-electron chi connectivity index (χ1n) is 6.55. The molecule has 0 aliphatic carbocycles. The summed E-state index contributed by atoms with van der Waals surface area (Å²) in [5, 5.41) is 4.95. The van der Waals surface area contributed by atoms with Crippen LogP contribution >= 0.6 is 0 Å². The van der Waals surface area contributed by atoms with E-state index >= 15 is 0 Å². The van der Waals surface area contributed by atoms with Gasteiger partial charge in [0, 0.05) is 11.3 Å². The summed E-state index contributed by atoms with van der Waals surface area (Å²) in [6.07, 6.45) is 0. The van der Waals surface area contributed by atoms with Gasteiger partial charge in [0.2, 0.25) is 5.91 Å². The number of halogens is 2. The van der Waals surface area contributed by atoms with E-state index in [1.165, 1.54) is 36.4 Å². The Balaban J connectivity index is 1.91. The van der Waals surface area contributed by atoms with Crippen molar-refractivity contribution in [2.24, 2.45) is 0 Å². The molecule has 6 heteroatoms. The third-order valence-corrected chi connectivity index (χ3v) is 2.96. The molecule has 0 radical (unpaired) electrons. The number of amides is 2. The smallest absolute Gasteiger partial charge is 0.251 e. The van der Waals surface area contributed by atoms with Gasteiger partial charge in [-0.2, -0.15) is 0 Å². The average Bonchev–Trinajstić information content (AvgIpc) is 2.47. The highest BCUT2D eigenvalue weighted by molar-refractivity contribution is 5.99. The number of nitrogens with one attached hydrogen (secondary N) is 2. The predicted octanol–water partition coefficient (Wildman–Crippen LogP) is 2.64. The summed E-state index contributed by atoms with van der Waals surface area (Å²) in [4.78, 5) is 23.5. The van der Waals surface area contributed by atoms with Crippen LogP contribution in [0.25, 0.3) is 0 Å². The molecule has 0 unspecified atom stereocenters. The van der Waals surface area contributed by atoms with Crippen molar-refractivity contribution in [2.75, 3.05) is 11.9 Å². The minimum atomic E-state index is -0.550. The average molecular weight is 304 g/mol. The number of anilines is 1. The minimum absolute atomic E-state index is 0.130. The zero-order chi connectivity index (χ0) is 16.1. The SMILES string of the molecule is Cc1cc(F)ccc1NC(=O)CNC(=O)c1cccc(F)c1. The molecule has 0 aliphatic rings. The van der Waals surface area contributed by atoms with Gasteiger partial charge in [-0.25, -0.2) is 8.78 Å². The van der Waals surface area contributed by atoms with Crippen molar-refractivity contribution in [3.63, 3.8) is 0 Å². The Morgan fingerprint density at radius 3 is 2.45 bits per heavy atom. The van der Waals surface area contributed by atoms with Crippen LogP contribution in [0.5, 0.6) is 0 Å². The number of aryl methyl sites for hydroxylation is 1. The minimum Gasteiger partial charge on any atom is -0.343 e. The maximum atomic E-state index is 13.0. The highest BCUT2D eigenvalue weighted by atomic mass is 19.1. The van der Waals surface area contributed by atoms with Crippen LogP contribution in [0, 0.1) is 18.6 Å². The Hall–Kier alpha value is -2.76. The second kappa shape index (κ2) is 6.80.